The maximum atomic E-state index is 11.5. The molecule has 2 aromatic heterocycles. The lowest BCUT2D eigenvalue weighted by Crippen LogP contribution is -2.41. The summed E-state index contributed by atoms with van der Waals surface area (Å²) in [7, 11) is 0. The fourth-order valence-corrected chi connectivity index (χ4v) is 5.04. The van der Waals surface area contributed by atoms with E-state index in [1.165, 1.54) is 24.3 Å². The molecule has 0 radical (unpaired) electrons. The van der Waals surface area contributed by atoms with Gasteiger partial charge in [0.15, 0.2) is 0 Å². The minimum absolute atomic E-state index is 0.0206. The van der Waals surface area contributed by atoms with Crippen LogP contribution in [-0.4, -0.2) is 62.4 Å². The number of nitrogens with one attached hydrogen (secondary N) is 2. The van der Waals surface area contributed by atoms with Crippen LogP contribution in [0.25, 0.3) is 33.2 Å². The molecular weight excluding hydrogens is 448 g/mol. The molecule has 176 valence electrons. The molecule has 10 heteroatoms. The van der Waals surface area contributed by atoms with Crippen LogP contribution in [0.5, 0.6) is 0 Å². The maximum Gasteiger partial charge on any atom is 0.120 e. The monoisotopic (exact) mass is 470 g/mol. The summed E-state index contributed by atoms with van der Waals surface area (Å²) in [6.07, 6.45) is 5.93. The molecule has 2 aliphatic carbocycles. The van der Waals surface area contributed by atoms with Crippen LogP contribution in [0.1, 0.15) is 30.4 Å². The predicted molar refractivity (Wildman–Crippen MR) is 129 cm³/mol. The van der Waals surface area contributed by atoms with E-state index in [1.54, 1.807) is 24.3 Å². The first-order valence-electron chi connectivity index (χ1n) is 11.1. The molecule has 6 rings (SSSR count). The van der Waals surface area contributed by atoms with Crippen molar-refractivity contribution in [3.05, 3.63) is 83.3 Å². The van der Waals surface area contributed by atoms with Crippen LogP contribution in [0.2, 0.25) is 0 Å². The molecule has 2 aliphatic rings. The Hall–Kier alpha value is -4.28. The van der Waals surface area contributed by atoms with Gasteiger partial charge in [0.2, 0.25) is 0 Å². The molecule has 0 bridgehead atoms. The summed E-state index contributed by atoms with van der Waals surface area (Å²) < 4.78 is 0. The molecule has 2 unspecified atom stereocenters. The standard InChI is InChI=1S/C25H22N6O4/c32-20-7-9-24(34,11-16(20)14-3-1-5-18-22(14)28-30-26-18)13-25(35)10-8-21(33)17(12-25)15-4-2-6-19-23(15)29-31-27-19/h1-10,32-35H,11-13H2,(H,26,28,30)(H,27,29,31). The average molecular weight is 470 g/mol. The summed E-state index contributed by atoms with van der Waals surface area (Å²) in [5.74, 6) is 0.0413. The van der Waals surface area contributed by atoms with Crippen LogP contribution >= 0.6 is 0 Å². The van der Waals surface area contributed by atoms with E-state index < -0.39 is 11.2 Å². The molecular formula is C25H22N6O4. The Balaban J connectivity index is 1.31. The van der Waals surface area contributed by atoms with E-state index in [2.05, 4.69) is 30.8 Å². The van der Waals surface area contributed by atoms with Gasteiger partial charge in [-0.05, 0) is 36.4 Å². The maximum absolute atomic E-state index is 11.5. The van der Waals surface area contributed by atoms with Gasteiger partial charge in [0.1, 0.15) is 33.6 Å². The largest absolute Gasteiger partial charge is 0.508 e. The fourth-order valence-electron chi connectivity index (χ4n) is 5.04. The number of H-pyrrole nitrogens is 2. The number of hydrogen-bond acceptors (Lipinski definition) is 8. The number of nitrogens with zero attached hydrogens (tertiary/aromatic N) is 4. The molecule has 2 atom stereocenters. The number of hydrogen-bond donors (Lipinski definition) is 6. The normalized spacial score (nSPS) is 24.7. The van der Waals surface area contributed by atoms with Crippen molar-refractivity contribution in [3.63, 3.8) is 0 Å². The summed E-state index contributed by atoms with van der Waals surface area (Å²) in [4.78, 5) is 0. The topological polar surface area (TPSA) is 164 Å². The van der Waals surface area contributed by atoms with E-state index >= 15 is 0 Å². The SMILES string of the molecule is OC1=C(c2cccc3n[nH]nc23)CC(O)(CC2(O)C=CC(O)=C(c3cccc4n[nH]nc34)C2)C=C1. The Morgan fingerprint density at radius 1 is 0.686 bits per heavy atom. The number of benzene rings is 2. The van der Waals surface area contributed by atoms with Gasteiger partial charge in [-0.2, -0.15) is 30.8 Å². The van der Waals surface area contributed by atoms with Gasteiger partial charge in [0.05, 0.1) is 11.2 Å². The van der Waals surface area contributed by atoms with E-state index in [4.69, 9.17) is 0 Å². The number of aromatic amines is 2. The molecule has 4 aromatic rings. The summed E-state index contributed by atoms with van der Waals surface area (Å²) >= 11 is 0. The van der Waals surface area contributed by atoms with E-state index in [1.807, 2.05) is 12.1 Å². The molecule has 0 fully saturated rings. The first kappa shape index (κ1) is 21.3. The lowest BCUT2D eigenvalue weighted by atomic mass is 9.74. The molecule has 0 aliphatic heterocycles. The molecule has 0 saturated carbocycles. The van der Waals surface area contributed by atoms with E-state index in [9.17, 15) is 20.4 Å². The summed E-state index contributed by atoms with van der Waals surface area (Å²) in [6.45, 7) is 0. The number of allylic oxidation sites excluding steroid dienone is 2. The molecule has 0 spiro atoms. The summed E-state index contributed by atoms with van der Waals surface area (Å²) in [5, 5.41) is 66.0. The van der Waals surface area contributed by atoms with Crippen molar-refractivity contribution in [3.8, 4) is 0 Å². The van der Waals surface area contributed by atoms with Crippen molar-refractivity contribution in [1.82, 2.24) is 30.8 Å². The van der Waals surface area contributed by atoms with Crippen molar-refractivity contribution in [1.29, 1.82) is 0 Å². The Labute approximate surface area is 198 Å². The quantitative estimate of drug-likeness (QED) is 0.265. The lowest BCUT2D eigenvalue weighted by molar-refractivity contribution is -0.00892. The molecule has 2 aromatic carbocycles. The zero-order valence-corrected chi connectivity index (χ0v) is 18.5. The molecule has 6 N–H and O–H groups in total. The minimum atomic E-state index is -1.47. The molecule has 0 amide bonds. The molecule has 35 heavy (non-hydrogen) atoms. The number of para-hydroxylation sites is 2. The zero-order chi connectivity index (χ0) is 24.2. The number of fused-ring (bicyclic) bond motifs is 2. The molecule has 10 nitrogen and oxygen atoms in total. The van der Waals surface area contributed by atoms with E-state index in [0.29, 0.717) is 44.3 Å². The predicted octanol–water partition coefficient (Wildman–Crippen LogP) is 3.24. The highest BCUT2D eigenvalue weighted by Crippen LogP contribution is 2.43. The Bertz CT molecular complexity index is 1480. The van der Waals surface area contributed by atoms with Gasteiger partial charge in [-0.3, -0.25) is 0 Å². The van der Waals surface area contributed by atoms with Crippen molar-refractivity contribution in [2.75, 3.05) is 0 Å². The van der Waals surface area contributed by atoms with Crippen molar-refractivity contribution in [2.24, 2.45) is 0 Å². The number of rotatable bonds is 4. The Morgan fingerprint density at radius 2 is 1.14 bits per heavy atom. The number of aromatic nitrogens is 6. The van der Waals surface area contributed by atoms with Crippen molar-refractivity contribution < 1.29 is 20.4 Å². The zero-order valence-electron chi connectivity index (χ0n) is 18.5. The molecule has 2 heterocycles. The van der Waals surface area contributed by atoms with Crippen LogP contribution in [0.3, 0.4) is 0 Å². The van der Waals surface area contributed by atoms with Gasteiger partial charge in [-0.15, -0.1) is 0 Å². The van der Waals surface area contributed by atoms with Crippen LogP contribution < -0.4 is 0 Å². The average Bonchev–Trinajstić information content (AvgIpc) is 3.52. The van der Waals surface area contributed by atoms with E-state index in [-0.39, 0.29) is 30.8 Å². The van der Waals surface area contributed by atoms with Crippen LogP contribution in [0.15, 0.2) is 72.2 Å². The van der Waals surface area contributed by atoms with Gasteiger partial charge < -0.3 is 20.4 Å². The Morgan fingerprint density at radius 3 is 1.60 bits per heavy atom. The highest BCUT2D eigenvalue weighted by molar-refractivity contribution is 5.91. The highest BCUT2D eigenvalue weighted by atomic mass is 16.3. The van der Waals surface area contributed by atoms with Crippen molar-refractivity contribution in [2.45, 2.75) is 30.5 Å². The number of aliphatic hydroxyl groups excluding tert-OH is 2. The molecule has 0 saturated heterocycles. The van der Waals surface area contributed by atoms with Crippen molar-refractivity contribution >= 4 is 33.2 Å². The second-order valence-corrected chi connectivity index (χ2v) is 9.13. The number of aliphatic hydroxyl groups is 4. The summed E-state index contributed by atoms with van der Waals surface area (Å²) in [6, 6.07) is 10.8. The lowest BCUT2D eigenvalue weighted by Gasteiger charge is -2.38. The van der Waals surface area contributed by atoms with Gasteiger partial charge in [0, 0.05) is 41.5 Å². The van der Waals surface area contributed by atoms with Crippen LogP contribution in [0.4, 0.5) is 0 Å². The highest BCUT2D eigenvalue weighted by Gasteiger charge is 2.41. The second-order valence-electron chi connectivity index (χ2n) is 9.13. The van der Waals surface area contributed by atoms with Gasteiger partial charge in [-0.25, -0.2) is 0 Å². The van der Waals surface area contributed by atoms with E-state index in [0.717, 1.165) is 0 Å². The van der Waals surface area contributed by atoms with Gasteiger partial charge in [-0.1, -0.05) is 24.3 Å². The van der Waals surface area contributed by atoms with Crippen LogP contribution in [-0.2, 0) is 0 Å². The third-order valence-electron chi connectivity index (χ3n) is 6.64. The van der Waals surface area contributed by atoms with Gasteiger partial charge >= 0.3 is 0 Å². The second kappa shape index (κ2) is 7.62. The first-order valence-corrected chi connectivity index (χ1v) is 11.1. The Kier molecular flexibility index (Phi) is 4.63. The third-order valence-corrected chi connectivity index (χ3v) is 6.64. The minimum Gasteiger partial charge on any atom is -0.508 e. The summed E-state index contributed by atoms with van der Waals surface area (Å²) in [5.41, 5.74) is 1.82. The fraction of sp³-hybridized carbons (Fsp3) is 0.200. The smallest absolute Gasteiger partial charge is 0.120 e. The van der Waals surface area contributed by atoms with Crippen LogP contribution in [0, 0.1) is 0 Å². The third kappa shape index (κ3) is 3.59. The van der Waals surface area contributed by atoms with Gasteiger partial charge in [0.25, 0.3) is 0 Å². The first-order chi connectivity index (χ1) is 16.8.